The zero-order valence-electron chi connectivity index (χ0n) is 12.4. The quantitative estimate of drug-likeness (QED) is 0.868. The lowest BCUT2D eigenvalue weighted by Crippen LogP contribution is -2.43. The van der Waals surface area contributed by atoms with Crippen LogP contribution < -0.4 is 9.62 Å². The molecule has 122 valence electrons. The number of sulfonamides is 1. The van der Waals surface area contributed by atoms with Gasteiger partial charge in [-0.15, -0.1) is 0 Å². The average molecular weight is 330 g/mol. The summed E-state index contributed by atoms with van der Waals surface area (Å²) >= 11 is 0. The van der Waals surface area contributed by atoms with Gasteiger partial charge in [0.1, 0.15) is 5.82 Å². The summed E-state index contributed by atoms with van der Waals surface area (Å²) in [6.45, 7) is 2.67. The Morgan fingerprint density at radius 3 is 2.64 bits per heavy atom. The third-order valence-corrected chi connectivity index (χ3v) is 5.26. The van der Waals surface area contributed by atoms with Gasteiger partial charge in [0.25, 0.3) is 0 Å². The molecule has 0 saturated carbocycles. The first kappa shape index (κ1) is 16.7. The van der Waals surface area contributed by atoms with Crippen LogP contribution in [-0.4, -0.2) is 39.6 Å². The minimum absolute atomic E-state index is 0.120. The van der Waals surface area contributed by atoms with Crippen LogP contribution in [0.1, 0.15) is 13.3 Å². The number of piperidine rings is 1. The Hall–Kier alpha value is -1.67. The summed E-state index contributed by atoms with van der Waals surface area (Å²) in [6.07, 6.45) is 0.555. The second-order valence-electron chi connectivity index (χ2n) is 5.60. The van der Waals surface area contributed by atoms with Gasteiger partial charge in [-0.3, -0.25) is 4.79 Å². The molecule has 1 aromatic carbocycles. The molecule has 1 aliphatic rings. The van der Waals surface area contributed by atoms with Crippen LogP contribution in [0.15, 0.2) is 23.1 Å². The van der Waals surface area contributed by atoms with E-state index in [1.54, 1.807) is 4.90 Å². The van der Waals surface area contributed by atoms with Crippen molar-refractivity contribution in [3.8, 4) is 0 Å². The van der Waals surface area contributed by atoms with Crippen molar-refractivity contribution in [3.05, 3.63) is 24.0 Å². The van der Waals surface area contributed by atoms with Gasteiger partial charge in [0.2, 0.25) is 10.0 Å². The molecule has 2 rings (SSSR count). The highest BCUT2D eigenvalue weighted by atomic mass is 32.2. The summed E-state index contributed by atoms with van der Waals surface area (Å²) in [4.78, 5) is 12.7. The number of hydrogen-bond acceptors (Lipinski definition) is 4. The Morgan fingerprint density at radius 1 is 1.41 bits per heavy atom. The van der Waals surface area contributed by atoms with Gasteiger partial charge in [-0.2, -0.15) is 0 Å². The van der Waals surface area contributed by atoms with Gasteiger partial charge in [-0.05, 0) is 37.6 Å². The van der Waals surface area contributed by atoms with E-state index in [1.165, 1.54) is 19.2 Å². The standard InChI is InChI=1S/C14H19FN2O4S/c1-9-5-10(14(18)19)8-17(7-9)13-4-3-11(6-12(13)15)22(20,21)16-2/h3-4,6,9-10,16H,5,7-8H2,1-2H3,(H,18,19). The minimum Gasteiger partial charge on any atom is -0.481 e. The van der Waals surface area contributed by atoms with Gasteiger partial charge in [-0.25, -0.2) is 17.5 Å². The fourth-order valence-electron chi connectivity index (χ4n) is 2.76. The van der Waals surface area contributed by atoms with Crippen LogP contribution in [0.3, 0.4) is 0 Å². The van der Waals surface area contributed by atoms with Gasteiger partial charge in [0, 0.05) is 13.1 Å². The first-order valence-corrected chi connectivity index (χ1v) is 8.43. The highest BCUT2D eigenvalue weighted by Crippen LogP contribution is 2.29. The molecule has 8 heteroatoms. The van der Waals surface area contributed by atoms with Gasteiger partial charge in [0.05, 0.1) is 16.5 Å². The van der Waals surface area contributed by atoms with Crippen LogP contribution in [0, 0.1) is 17.7 Å². The molecule has 1 heterocycles. The van der Waals surface area contributed by atoms with Crippen LogP contribution >= 0.6 is 0 Å². The first-order valence-electron chi connectivity index (χ1n) is 6.95. The fourth-order valence-corrected chi connectivity index (χ4v) is 3.50. The van der Waals surface area contributed by atoms with E-state index in [4.69, 9.17) is 5.11 Å². The highest BCUT2D eigenvalue weighted by molar-refractivity contribution is 7.89. The molecule has 0 aliphatic carbocycles. The molecule has 1 aromatic rings. The molecule has 2 unspecified atom stereocenters. The molecular weight excluding hydrogens is 311 g/mol. The molecule has 0 bridgehead atoms. The van der Waals surface area contributed by atoms with Crippen LogP contribution in [0.25, 0.3) is 0 Å². The molecule has 2 atom stereocenters. The van der Waals surface area contributed by atoms with E-state index in [0.29, 0.717) is 13.0 Å². The third-order valence-electron chi connectivity index (χ3n) is 3.85. The summed E-state index contributed by atoms with van der Waals surface area (Å²) in [5.41, 5.74) is 0.229. The molecule has 22 heavy (non-hydrogen) atoms. The number of rotatable bonds is 4. The van der Waals surface area contributed by atoms with Crippen molar-refractivity contribution >= 4 is 21.7 Å². The summed E-state index contributed by atoms with van der Waals surface area (Å²) in [6, 6.07) is 3.66. The molecule has 0 amide bonds. The first-order chi connectivity index (χ1) is 10.2. The summed E-state index contributed by atoms with van der Waals surface area (Å²) in [5.74, 6) is -2.00. The predicted octanol–water partition coefficient (Wildman–Crippen LogP) is 1.28. The Bertz CT molecular complexity index is 677. The second-order valence-corrected chi connectivity index (χ2v) is 7.49. The molecule has 0 aromatic heterocycles. The summed E-state index contributed by atoms with van der Waals surface area (Å²) in [7, 11) is -2.45. The molecular formula is C14H19FN2O4S. The maximum atomic E-state index is 14.3. The number of aliphatic carboxylic acids is 1. The zero-order valence-corrected chi connectivity index (χ0v) is 13.2. The molecule has 0 spiro atoms. The van der Waals surface area contributed by atoms with Crippen molar-refractivity contribution in [3.63, 3.8) is 0 Å². The van der Waals surface area contributed by atoms with Crippen molar-refractivity contribution in [1.29, 1.82) is 0 Å². The van der Waals surface area contributed by atoms with Crippen LogP contribution in [-0.2, 0) is 14.8 Å². The van der Waals surface area contributed by atoms with Crippen LogP contribution in [0.5, 0.6) is 0 Å². The number of carbonyl (C=O) groups is 1. The van der Waals surface area contributed by atoms with Gasteiger partial charge >= 0.3 is 5.97 Å². The molecule has 1 aliphatic heterocycles. The number of carboxylic acid groups (broad SMARTS) is 1. The molecule has 1 fully saturated rings. The van der Waals surface area contributed by atoms with Crippen LogP contribution in [0.2, 0.25) is 0 Å². The Kier molecular flexibility index (Phi) is 4.72. The van der Waals surface area contributed by atoms with Gasteiger partial charge < -0.3 is 10.0 Å². The molecule has 0 radical (unpaired) electrons. The molecule has 1 saturated heterocycles. The van der Waals surface area contributed by atoms with E-state index in [-0.39, 0.29) is 23.0 Å². The van der Waals surface area contributed by atoms with E-state index in [9.17, 15) is 17.6 Å². The third kappa shape index (κ3) is 3.38. The van der Waals surface area contributed by atoms with Crippen molar-refractivity contribution in [1.82, 2.24) is 4.72 Å². The number of nitrogens with one attached hydrogen (secondary N) is 1. The van der Waals surface area contributed by atoms with E-state index < -0.39 is 27.7 Å². The largest absolute Gasteiger partial charge is 0.481 e. The number of hydrogen-bond donors (Lipinski definition) is 2. The van der Waals surface area contributed by atoms with Gasteiger partial charge in [-0.1, -0.05) is 6.92 Å². The highest BCUT2D eigenvalue weighted by Gasteiger charge is 2.31. The number of nitrogens with zero attached hydrogens (tertiary/aromatic N) is 1. The Labute approximate surface area is 129 Å². The minimum atomic E-state index is -3.71. The number of carboxylic acids is 1. The summed E-state index contributed by atoms with van der Waals surface area (Å²) < 4.78 is 39.7. The molecule has 2 N–H and O–H groups in total. The average Bonchev–Trinajstić information content (AvgIpc) is 2.46. The lowest BCUT2D eigenvalue weighted by molar-refractivity contribution is -0.142. The monoisotopic (exact) mass is 330 g/mol. The normalized spacial score (nSPS) is 22.6. The van der Waals surface area contributed by atoms with E-state index in [2.05, 4.69) is 4.72 Å². The van der Waals surface area contributed by atoms with Gasteiger partial charge in [0.15, 0.2) is 0 Å². The lowest BCUT2D eigenvalue weighted by Gasteiger charge is -2.36. The maximum Gasteiger partial charge on any atom is 0.308 e. The number of anilines is 1. The SMILES string of the molecule is CNS(=O)(=O)c1ccc(N2CC(C)CC(C(=O)O)C2)c(F)c1. The van der Waals surface area contributed by atoms with Crippen molar-refractivity contribution in [2.24, 2.45) is 11.8 Å². The smallest absolute Gasteiger partial charge is 0.308 e. The number of halogens is 1. The lowest BCUT2D eigenvalue weighted by atomic mass is 9.90. The van der Waals surface area contributed by atoms with E-state index >= 15 is 0 Å². The maximum absolute atomic E-state index is 14.3. The fraction of sp³-hybridized carbons (Fsp3) is 0.500. The van der Waals surface area contributed by atoms with Crippen LogP contribution in [0.4, 0.5) is 10.1 Å². The van der Waals surface area contributed by atoms with Crippen molar-refractivity contribution in [2.45, 2.75) is 18.2 Å². The second kappa shape index (κ2) is 6.21. The Morgan fingerprint density at radius 2 is 2.09 bits per heavy atom. The van der Waals surface area contributed by atoms with E-state index in [1.807, 2.05) is 6.92 Å². The summed E-state index contributed by atoms with van der Waals surface area (Å²) in [5, 5.41) is 9.16. The topological polar surface area (TPSA) is 86.7 Å². The molecule has 6 nitrogen and oxygen atoms in total. The predicted molar refractivity (Wildman–Crippen MR) is 79.8 cm³/mol. The van der Waals surface area contributed by atoms with E-state index in [0.717, 1.165) is 6.07 Å². The van der Waals surface area contributed by atoms with Crippen molar-refractivity contribution < 1.29 is 22.7 Å². The Balaban J connectivity index is 2.31. The zero-order chi connectivity index (χ0) is 16.5. The number of benzene rings is 1. The van der Waals surface area contributed by atoms with Crippen molar-refractivity contribution in [2.75, 3.05) is 25.0 Å².